The molecule has 0 aliphatic heterocycles. The van der Waals surface area contributed by atoms with Gasteiger partial charge in [-0.05, 0) is 12.8 Å². The number of nitrogens with zero attached hydrogens (tertiary/aromatic N) is 4. The summed E-state index contributed by atoms with van der Waals surface area (Å²) >= 11 is 0. The Kier molecular flexibility index (Phi) is 4.68. The average Bonchev–Trinajstić information content (AvgIpc) is 3.33. The molecular formula is C19H17N5O3. The second kappa shape index (κ2) is 7.43. The van der Waals surface area contributed by atoms with Crippen LogP contribution in [0.1, 0.15) is 29.1 Å². The van der Waals surface area contributed by atoms with Crippen molar-refractivity contribution in [3.63, 3.8) is 0 Å². The molecule has 1 amide bonds. The minimum Gasteiger partial charge on any atom is -0.390 e. The first-order valence-electron chi connectivity index (χ1n) is 8.58. The Labute approximate surface area is 155 Å². The fourth-order valence-corrected chi connectivity index (χ4v) is 2.82. The van der Waals surface area contributed by atoms with Crippen LogP contribution >= 0.6 is 0 Å². The van der Waals surface area contributed by atoms with Crippen LogP contribution in [0, 0.1) is 17.9 Å². The number of carbonyl (C=O) groups excluding carboxylic acids is 1. The third kappa shape index (κ3) is 3.88. The predicted octanol–water partition coefficient (Wildman–Crippen LogP) is 1.44. The van der Waals surface area contributed by atoms with Gasteiger partial charge in [-0.15, -0.1) is 5.10 Å². The van der Waals surface area contributed by atoms with Gasteiger partial charge in [0.1, 0.15) is 11.4 Å². The summed E-state index contributed by atoms with van der Waals surface area (Å²) in [5, 5.41) is 23.4. The van der Waals surface area contributed by atoms with Crippen LogP contribution in [0.5, 0.6) is 0 Å². The summed E-state index contributed by atoms with van der Waals surface area (Å²) in [6, 6.07) is 14.1. The van der Waals surface area contributed by atoms with Gasteiger partial charge in [0.15, 0.2) is 0 Å². The van der Waals surface area contributed by atoms with Gasteiger partial charge in [-0.3, -0.25) is 4.79 Å². The number of carbonyl (C=O) groups is 1. The maximum atomic E-state index is 12.3. The molecule has 3 aromatic rings. The van der Waals surface area contributed by atoms with E-state index < -0.39 is 0 Å². The molecule has 8 nitrogen and oxygen atoms in total. The quantitative estimate of drug-likeness (QED) is 0.680. The summed E-state index contributed by atoms with van der Waals surface area (Å²) in [6.45, 7) is -0.160. The van der Waals surface area contributed by atoms with E-state index >= 15 is 0 Å². The summed E-state index contributed by atoms with van der Waals surface area (Å²) in [5.74, 6) is 3.19. The Balaban J connectivity index is 1.29. The second-order valence-electron chi connectivity index (χ2n) is 6.35. The van der Waals surface area contributed by atoms with Crippen LogP contribution in [-0.4, -0.2) is 37.2 Å². The van der Waals surface area contributed by atoms with E-state index in [0.29, 0.717) is 11.4 Å². The number of aliphatic hydroxyl groups excluding tert-OH is 1. The number of benzene rings is 1. The minimum atomic E-state index is -0.273. The third-order valence-corrected chi connectivity index (χ3v) is 4.36. The minimum absolute atomic E-state index is 0.0609. The van der Waals surface area contributed by atoms with Crippen LogP contribution in [0.3, 0.4) is 0 Å². The van der Waals surface area contributed by atoms with Crippen molar-refractivity contribution in [1.82, 2.24) is 25.5 Å². The summed E-state index contributed by atoms with van der Waals surface area (Å²) in [5.41, 5.74) is 2.01. The van der Waals surface area contributed by atoms with Gasteiger partial charge in [-0.1, -0.05) is 46.6 Å². The lowest BCUT2D eigenvalue weighted by Gasteiger charge is -2.31. The fraction of sp³-hybridized carbons (Fsp3) is 0.263. The molecule has 136 valence electrons. The predicted molar refractivity (Wildman–Crippen MR) is 95.0 cm³/mol. The van der Waals surface area contributed by atoms with Gasteiger partial charge >= 0.3 is 0 Å². The summed E-state index contributed by atoms with van der Waals surface area (Å²) in [6.07, 6.45) is 3.11. The van der Waals surface area contributed by atoms with Crippen molar-refractivity contribution in [3.05, 3.63) is 54.0 Å². The molecule has 2 aromatic heterocycles. The van der Waals surface area contributed by atoms with Gasteiger partial charge in [0.2, 0.25) is 5.76 Å². The lowest BCUT2D eigenvalue weighted by molar-refractivity contribution is 0.0867. The molecule has 2 heterocycles. The van der Waals surface area contributed by atoms with E-state index in [0.717, 1.165) is 18.4 Å². The summed E-state index contributed by atoms with van der Waals surface area (Å²) in [4.78, 5) is 12.3. The average molecular weight is 363 g/mol. The highest BCUT2D eigenvalue weighted by molar-refractivity contribution is 5.92. The highest BCUT2D eigenvalue weighted by Gasteiger charge is 2.30. The van der Waals surface area contributed by atoms with Gasteiger partial charge in [0.05, 0.1) is 12.8 Å². The van der Waals surface area contributed by atoms with Crippen LogP contribution in [-0.2, 0) is 6.61 Å². The molecule has 1 aliphatic rings. The first-order chi connectivity index (χ1) is 13.2. The van der Waals surface area contributed by atoms with E-state index in [9.17, 15) is 4.79 Å². The van der Waals surface area contributed by atoms with Gasteiger partial charge in [-0.2, -0.15) is 4.68 Å². The molecule has 0 unspecified atom stereocenters. The van der Waals surface area contributed by atoms with Gasteiger partial charge in [0.25, 0.3) is 5.91 Å². The Bertz CT molecular complexity index is 993. The van der Waals surface area contributed by atoms with Crippen molar-refractivity contribution in [2.24, 2.45) is 5.92 Å². The molecule has 0 bridgehead atoms. The van der Waals surface area contributed by atoms with Gasteiger partial charge in [-0.25, -0.2) is 0 Å². The largest absolute Gasteiger partial charge is 0.390 e. The Morgan fingerprint density at radius 1 is 1.33 bits per heavy atom. The molecule has 0 spiro atoms. The number of rotatable bonds is 4. The van der Waals surface area contributed by atoms with Crippen molar-refractivity contribution in [2.45, 2.75) is 25.5 Å². The molecule has 1 aromatic carbocycles. The molecule has 1 aliphatic carbocycles. The number of aliphatic hydroxyl groups is 1. The van der Waals surface area contributed by atoms with E-state index in [2.05, 4.69) is 32.8 Å². The standard InChI is InChI=1S/C19H17N5O3/c25-12-16-11-24(23-21-16)7-6-13-8-15(9-13)20-19(26)18-10-17(22-27-18)14-4-2-1-3-5-14/h1-5,10-11,13,15,25H,8-9,12H2,(H,20,26). The normalized spacial score (nSPS) is 18.3. The smallest absolute Gasteiger partial charge is 0.290 e. The van der Waals surface area contributed by atoms with Crippen LogP contribution in [0.4, 0.5) is 0 Å². The zero-order valence-corrected chi connectivity index (χ0v) is 14.4. The van der Waals surface area contributed by atoms with Crippen LogP contribution in [0.25, 0.3) is 11.3 Å². The Morgan fingerprint density at radius 2 is 2.15 bits per heavy atom. The Hall–Kier alpha value is -3.44. The molecule has 0 saturated heterocycles. The topological polar surface area (TPSA) is 106 Å². The van der Waals surface area contributed by atoms with Crippen molar-refractivity contribution in [3.8, 4) is 23.2 Å². The molecule has 0 radical (unpaired) electrons. The van der Waals surface area contributed by atoms with E-state index in [-0.39, 0.29) is 30.2 Å². The van der Waals surface area contributed by atoms with Crippen LogP contribution in [0.2, 0.25) is 0 Å². The third-order valence-electron chi connectivity index (χ3n) is 4.36. The fourth-order valence-electron chi connectivity index (χ4n) is 2.82. The van der Waals surface area contributed by atoms with Crippen LogP contribution < -0.4 is 5.32 Å². The lowest BCUT2D eigenvalue weighted by Crippen LogP contribution is -2.43. The molecular weight excluding hydrogens is 346 g/mol. The Morgan fingerprint density at radius 3 is 2.89 bits per heavy atom. The van der Waals surface area contributed by atoms with Crippen LogP contribution in [0.15, 0.2) is 47.1 Å². The van der Waals surface area contributed by atoms with E-state index in [1.807, 2.05) is 30.3 Å². The molecule has 8 heteroatoms. The van der Waals surface area contributed by atoms with Gasteiger partial charge < -0.3 is 14.9 Å². The number of aromatic nitrogens is 4. The lowest BCUT2D eigenvalue weighted by atomic mass is 9.81. The van der Waals surface area contributed by atoms with Crippen molar-refractivity contribution in [1.29, 1.82) is 0 Å². The van der Waals surface area contributed by atoms with E-state index in [4.69, 9.17) is 9.63 Å². The first kappa shape index (κ1) is 17.0. The SMILES string of the molecule is O=C(NC1CC(C#Cn2cc(CO)nn2)C1)c1cc(-c2ccccc2)no1. The number of amides is 1. The molecule has 0 atom stereocenters. The van der Waals surface area contributed by atoms with Crippen molar-refractivity contribution in [2.75, 3.05) is 0 Å². The maximum Gasteiger partial charge on any atom is 0.290 e. The second-order valence-corrected chi connectivity index (χ2v) is 6.35. The first-order valence-corrected chi connectivity index (χ1v) is 8.58. The number of nitrogens with one attached hydrogen (secondary N) is 1. The molecule has 1 fully saturated rings. The molecule has 1 saturated carbocycles. The van der Waals surface area contributed by atoms with Crippen molar-refractivity contribution >= 4 is 5.91 Å². The summed E-state index contributed by atoms with van der Waals surface area (Å²) in [7, 11) is 0. The monoisotopic (exact) mass is 363 g/mol. The van der Waals surface area contributed by atoms with Crippen molar-refractivity contribution < 1.29 is 14.4 Å². The highest BCUT2D eigenvalue weighted by Crippen LogP contribution is 2.27. The van der Waals surface area contributed by atoms with E-state index in [1.54, 1.807) is 12.3 Å². The molecule has 27 heavy (non-hydrogen) atoms. The zero-order valence-electron chi connectivity index (χ0n) is 14.4. The van der Waals surface area contributed by atoms with E-state index in [1.165, 1.54) is 4.68 Å². The molecule has 4 rings (SSSR count). The molecule has 2 N–H and O–H groups in total. The number of hydrogen-bond acceptors (Lipinski definition) is 6. The number of hydrogen-bond donors (Lipinski definition) is 2. The highest BCUT2D eigenvalue weighted by atomic mass is 16.5. The zero-order chi connectivity index (χ0) is 18.6. The van der Waals surface area contributed by atoms with Gasteiger partial charge in [0, 0.05) is 29.6 Å². The summed E-state index contributed by atoms with van der Waals surface area (Å²) < 4.78 is 6.55. The maximum absolute atomic E-state index is 12.3.